The lowest BCUT2D eigenvalue weighted by Gasteiger charge is -2.17. The van der Waals surface area contributed by atoms with Gasteiger partial charge in [-0.05, 0) is 37.9 Å². The summed E-state index contributed by atoms with van der Waals surface area (Å²) < 4.78 is 19.2. The molecule has 0 aliphatic carbocycles. The van der Waals surface area contributed by atoms with E-state index in [1.165, 1.54) is 6.08 Å². The molecule has 1 heterocycles. The third-order valence-corrected chi connectivity index (χ3v) is 4.41. The second-order valence-electron chi connectivity index (χ2n) is 5.06. The van der Waals surface area contributed by atoms with Crippen molar-refractivity contribution < 1.29 is 18.7 Å². The molecule has 126 valence electrons. The summed E-state index contributed by atoms with van der Waals surface area (Å²) in [5, 5.41) is 0. The van der Waals surface area contributed by atoms with Gasteiger partial charge in [-0.2, -0.15) is 0 Å². The highest BCUT2D eigenvalue weighted by Gasteiger charge is 2.17. The Labute approximate surface area is 144 Å². The first-order valence-electron chi connectivity index (χ1n) is 7.52. The second kappa shape index (κ2) is 8.59. The maximum atomic E-state index is 13.7. The molecule has 2 rings (SSSR count). The van der Waals surface area contributed by atoms with Crippen molar-refractivity contribution in [2.24, 2.45) is 4.99 Å². The van der Waals surface area contributed by atoms with E-state index in [0.717, 1.165) is 22.5 Å². The highest BCUT2D eigenvalue weighted by Crippen LogP contribution is 2.34. The van der Waals surface area contributed by atoms with E-state index in [0.29, 0.717) is 12.2 Å². The van der Waals surface area contributed by atoms with Crippen LogP contribution in [0.2, 0.25) is 0 Å². The summed E-state index contributed by atoms with van der Waals surface area (Å²) in [6.45, 7) is 5.50. The van der Waals surface area contributed by atoms with Crippen molar-refractivity contribution in [1.29, 1.82) is 0 Å². The third-order valence-electron chi connectivity index (χ3n) is 3.40. The van der Waals surface area contributed by atoms with E-state index in [4.69, 9.17) is 4.74 Å². The fraction of sp³-hybridized carbons (Fsp3) is 0.278. The van der Waals surface area contributed by atoms with Gasteiger partial charge in [-0.25, -0.2) is 4.39 Å². The molecule has 0 atom stereocenters. The van der Waals surface area contributed by atoms with Crippen LogP contribution in [-0.4, -0.2) is 30.6 Å². The van der Waals surface area contributed by atoms with Crippen molar-refractivity contribution in [3.05, 3.63) is 47.4 Å². The fourth-order valence-corrected chi connectivity index (χ4v) is 3.09. The summed E-state index contributed by atoms with van der Waals surface area (Å²) in [7, 11) is 0. The van der Waals surface area contributed by atoms with Crippen LogP contribution >= 0.6 is 11.8 Å². The van der Waals surface area contributed by atoms with Gasteiger partial charge in [0.05, 0.1) is 11.5 Å². The van der Waals surface area contributed by atoms with Crippen LogP contribution < -0.4 is 4.74 Å². The van der Waals surface area contributed by atoms with Crippen molar-refractivity contribution in [3.63, 3.8) is 0 Å². The number of benzene rings is 1. The van der Waals surface area contributed by atoms with Gasteiger partial charge < -0.3 is 4.74 Å². The maximum Gasteiger partial charge on any atom is 0.184 e. The minimum atomic E-state index is -0.743. The van der Waals surface area contributed by atoms with Gasteiger partial charge in [-0.15, -0.1) is 11.8 Å². The normalized spacial score (nSPS) is 14.6. The maximum absolute atomic E-state index is 13.7. The lowest BCUT2D eigenvalue weighted by molar-refractivity contribution is -0.115. The number of thioether (sulfide) groups is 1. The molecule has 0 aromatic heterocycles. The van der Waals surface area contributed by atoms with E-state index in [2.05, 4.69) is 11.7 Å². The Bertz CT molecular complexity index is 725. The van der Waals surface area contributed by atoms with Crippen LogP contribution in [0.3, 0.4) is 0 Å². The average molecular weight is 347 g/mol. The van der Waals surface area contributed by atoms with Crippen LogP contribution in [0.15, 0.2) is 51.8 Å². The zero-order valence-electron chi connectivity index (χ0n) is 13.4. The topological polar surface area (TPSA) is 55.7 Å². The number of fused-ring (bicyclic) bond motifs is 1. The Morgan fingerprint density at radius 3 is 2.92 bits per heavy atom. The van der Waals surface area contributed by atoms with E-state index in [1.807, 2.05) is 0 Å². The van der Waals surface area contributed by atoms with Crippen molar-refractivity contribution >= 4 is 30.0 Å². The van der Waals surface area contributed by atoms with Gasteiger partial charge in [0.1, 0.15) is 11.4 Å². The van der Waals surface area contributed by atoms with Crippen LogP contribution in [0.1, 0.15) is 30.1 Å². The molecule has 4 nitrogen and oxygen atoms in total. The number of allylic oxidation sites excluding steroid dienone is 4. The number of ketones is 2. The van der Waals surface area contributed by atoms with Gasteiger partial charge >= 0.3 is 0 Å². The summed E-state index contributed by atoms with van der Waals surface area (Å²) in [5.74, 6) is 0.157. The molecule has 6 heteroatoms. The van der Waals surface area contributed by atoms with Crippen LogP contribution in [0.25, 0.3) is 0 Å². The van der Waals surface area contributed by atoms with Crippen molar-refractivity contribution in [1.82, 2.24) is 0 Å². The number of rotatable bonds is 7. The number of hydrogen-bond donors (Lipinski definition) is 0. The highest BCUT2D eigenvalue weighted by atomic mass is 32.2. The molecule has 0 bridgehead atoms. The molecule has 0 amide bonds. The van der Waals surface area contributed by atoms with E-state index in [9.17, 15) is 14.0 Å². The van der Waals surface area contributed by atoms with Crippen LogP contribution in [-0.2, 0) is 4.79 Å². The molecule has 0 unspecified atom stereocenters. The summed E-state index contributed by atoms with van der Waals surface area (Å²) >= 11 is 1.63. The summed E-state index contributed by atoms with van der Waals surface area (Å²) in [6.07, 6.45) is 2.49. The third kappa shape index (κ3) is 4.41. The smallest absolute Gasteiger partial charge is 0.184 e. The zero-order chi connectivity index (χ0) is 17.5. The first-order chi connectivity index (χ1) is 11.6. The number of nitrogens with zero attached hydrogens (tertiary/aromatic N) is 1. The van der Waals surface area contributed by atoms with Gasteiger partial charge in [0.25, 0.3) is 0 Å². The number of Topliss-reactive ketones (excluding diaryl/α,β-unsaturated/α-hetero) is 2. The van der Waals surface area contributed by atoms with E-state index < -0.39 is 11.6 Å². The Balaban J connectivity index is 2.04. The second-order valence-corrected chi connectivity index (χ2v) is 6.20. The zero-order valence-corrected chi connectivity index (χ0v) is 14.2. The molecule has 0 N–H and O–H groups in total. The SMILES string of the molecule is C=N/C(C(=O)CCC(=O)c1ccc2c(c1)SCCO2)=C(F)\C=C/C. The number of carbonyl (C=O) groups is 2. The fourth-order valence-electron chi connectivity index (χ4n) is 2.23. The molecule has 0 radical (unpaired) electrons. The number of aliphatic imine (C=N–C) groups is 1. The summed E-state index contributed by atoms with van der Waals surface area (Å²) in [6, 6.07) is 5.22. The molecule has 0 fully saturated rings. The number of halogens is 1. The molecule has 1 aliphatic heterocycles. The monoisotopic (exact) mass is 347 g/mol. The first kappa shape index (κ1) is 18.1. The lowest BCUT2D eigenvalue weighted by atomic mass is 10.0. The Hall–Kier alpha value is -2.21. The van der Waals surface area contributed by atoms with Gasteiger partial charge in [-0.3, -0.25) is 14.6 Å². The van der Waals surface area contributed by atoms with Crippen LogP contribution in [0.4, 0.5) is 4.39 Å². The van der Waals surface area contributed by atoms with E-state index in [-0.39, 0.29) is 24.3 Å². The predicted molar refractivity (Wildman–Crippen MR) is 93.7 cm³/mol. The molecule has 1 aromatic rings. The van der Waals surface area contributed by atoms with E-state index >= 15 is 0 Å². The van der Waals surface area contributed by atoms with Crippen LogP contribution in [0, 0.1) is 0 Å². The molecular formula is C18H18FNO3S. The number of hydrogen-bond acceptors (Lipinski definition) is 5. The van der Waals surface area contributed by atoms with Crippen molar-refractivity contribution in [2.45, 2.75) is 24.7 Å². The van der Waals surface area contributed by atoms with Gasteiger partial charge in [-0.1, -0.05) is 6.08 Å². The standard InChI is InChI=1S/C18H18FNO3S/c1-3-4-13(19)18(20-2)15(22)7-6-14(21)12-5-8-16-17(11-12)24-10-9-23-16/h3-5,8,11H,2,6-7,9-10H2,1H3/b4-3-,18-13+. The Morgan fingerprint density at radius 2 is 2.21 bits per heavy atom. The predicted octanol–water partition coefficient (Wildman–Crippen LogP) is 4.16. The van der Waals surface area contributed by atoms with Crippen molar-refractivity contribution in [2.75, 3.05) is 12.4 Å². The minimum Gasteiger partial charge on any atom is -0.492 e. The van der Waals surface area contributed by atoms with Crippen molar-refractivity contribution in [3.8, 4) is 5.75 Å². The van der Waals surface area contributed by atoms with E-state index in [1.54, 1.807) is 36.9 Å². The van der Waals surface area contributed by atoms with Crippen LogP contribution in [0.5, 0.6) is 5.75 Å². The molecular weight excluding hydrogens is 329 g/mol. The minimum absolute atomic E-state index is 0.00865. The number of carbonyl (C=O) groups excluding carboxylic acids is 2. The molecule has 0 saturated heterocycles. The van der Waals surface area contributed by atoms with Gasteiger partial charge in [0.2, 0.25) is 0 Å². The molecule has 1 aromatic carbocycles. The Kier molecular flexibility index (Phi) is 6.49. The molecule has 1 aliphatic rings. The van der Waals surface area contributed by atoms with Gasteiger partial charge in [0, 0.05) is 24.2 Å². The molecule has 0 saturated carbocycles. The summed E-state index contributed by atoms with van der Waals surface area (Å²) in [4.78, 5) is 28.6. The highest BCUT2D eigenvalue weighted by molar-refractivity contribution is 7.99. The molecule has 24 heavy (non-hydrogen) atoms. The molecule has 0 spiro atoms. The lowest BCUT2D eigenvalue weighted by Crippen LogP contribution is -2.09. The largest absolute Gasteiger partial charge is 0.492 e. The number of ether oxygens (including phenoxy) is 1. The summed E-state index contributed by atoms with van der Waals surface area (Å²) in [5.41, 5.74) is 0.181. The Morgan fingerprint density at radius 1 is 1.42 bits per heavy atom. The quantitative estimate of drug-likeness (QED) is 0.322. The average Bonchev–Trinajstić information content (AvgIpc) is 2.60. The first-order valence-corrected chi connectivity index (χ1v) is 8.50. The van der Waals surface area contributed by atoms with Gasteiger partial charge in [0.15, 0.2) is 17.4 Å².